The second-order valence-corrected chi connectivity index (χ2v) is 8.59. The van der Waals surface area contributed by atoms with E-state index >= 15 is 0 Å². The molecule has 1 saturated carbocycles. The minimum absolute atomic E-state index is 0. The minimum atomic E-state index is -0.245. The zero-order chi connectivity index (χ0) is 19.0. The van der Waals surface area contributed by atoms with E-state index in [0.29, 0.717) is 0 Å². The van der Waals surface area contributed by atoms with Crippen LogP contribution in [-0.4, -0.2) is 57.1 Å². The average Bonchev–Trinajstić information content (AvgIpc) is 3.36. The fraction of sp³-hybridized carbons (Fsp3) is 0.667. The number of nitrogens with zero attached hydrogens (tertiary/aromatic N) is 2. The lowest BCUT2D eigenvalue weighted by molar-refractivity contribution is -0.123. The highest BCUT2D eigenvalue weighted by Gasteiger charge is 2.57. The monoisotopic (exact) mass is 482 g/mol. The van der Waals surface area contributed by atoms with Crippen molar-refractivity contribution < 1.29 is 9.18 Å². The van der Waals surface area contributed by atoms with Crippen LogP contribution in [0.3, 0.4) is 0 Å². The van der Waals surface area contributed by atoms with Gasteiger partial charge in [0.25, 0.3) is 0 Å². The summed E-state index contributed by atoms with van der Waals surface area (Å²) >= 11 is 0. The lowest BCUT2D eigenvalue weighted by Gasteiger charge is -2.36. The normalized spacial score (nSPS) is 23.4. The molecule has 3 aliphatic rings. The van der Waals surface area contributed by atoms with E-state index in [9.17, 15) is 9.18 Å². The highest BCUT2D eigenvalue weighted by Crippen LogP contribution is 2.58. The van der Waals surface area contributed by atoms with Gasteiger partial charge in [-0.2, -0.15) is 0 Å². The van der Waals surface area contributed by atoms with E-state index in [1.54, 1.807) is 6.07 Å². The van der Waals surface area contributed by atoms with Gasteiger partial charge in [-0.1, -0.05) is 0 Å². The van der Waals surface area contributed by atoms with Gasteiger partial charge in [0.2, 0.25) is 5.91 Å². The number of carbonyl (C=O) groups excluding carboxylic acids is 1. The number of amides is 1. The molecule has 0 bridgehead atoms. The molecule has 1 aromatic carbocycles. The maximum atomic E-state index is 14.0. The van der Waals surface area contributed by atoms with E-state index < -0.39 is 0 Å². The van der Waals surface area contributed by atoms with Crippen molar-refractivity contribution in [3.8, 4) is 0 Å². The third-order valence-corrected chi connectivity index (χ3v) is 6.76. The Hall–Kier alpha value is -0.790. The number of hydrogen-bond donors (Lipinski definition) is 2. The van der Waals surface area contributed by atoms with Gasteiger partial charge in [-0.05, 0) is 69.9 Å². The smallest absolute Gasteiger partial charge is 0.224 e. The molecule has 1 aliphatic carbocycles. The van der Waals surface area contributed by atoms with Gasteiger partial charge in [0.05, 0.1) is 6.04 Å². The van der Waals surface area contributed by atoms with Crippen molar-refractivity contribution in [2.75, 3.05) is 51.2 Å². The second kappa shape index (κ2) is 11.2. The van der Waals surface area contributed by atoms with Crippen molar-refractivity contribution in [3.05, 3.63) is 29.6 Å². The molecule has 172 valence electrons. The summed E-state index contributed by atoms with van der Waals surface area (Å²) in [5.74, 6) is 0.0194. The molecule has 2 N–H and O–H groups in total. The number of nitrogens with one attached hydrogen (secondary N) is 2. The number of likely N-dealkylation sites (N-methyl/N-ethyl adjacent to an activating group) is 1. The first-order valence-corrected chi connectivity index (χ1v) is 10.2. The molecule has 1 spiro atoms. The van der Waals surface area contributed by atoms with Crippen molar-refractivity contribution in [2.24, 2.45) is 11.3 Å². The van der Waals surface area contributed by atoms with Crippen molar-refractivity contribution in [3.63, 3.8) is 0 Å². The maximum absolute atomic E-state index is 14.0. The Morgan fingerprint density at radius 2 is 1.80 bits per heavy atom. The fourth-order valence-electron chi connectivity index (χ4n) is 4.79. The van der Waals surface area contributed by atoms with Crippen molar-refractivity contribution in [1.82, 2.24) is 15.5 Å². The average molecular weight is 484 g/mol. The topological polar surface area (TPSA) is 47.6 Å². The third kappa shape index (κ3) is 5.71. The summed E-state index contributed by atoms with van der Waals surface area (Å²) in [5, 5.41) is 6.56. The maximum Gasteiger partial charge on any atom is 0.224 e. The van der Waals surface area contributed by atoms with Crippen LogP contribution in [0.4, 0.5) is 10.1 Å². The summed E-state index contributed by atoms with van der Waals surface area (Å²) in [4.78, 5) is 17.4. The number of piperidine rings is 1. The summed E-state index contributed by atoms with van der Waals surface area (Å²) in [7, 11) is 2.12. The molecular formula is C21H34Cl3FN4O. The van der Waals surface area contributed by atoms with Crippen molar-refractivity contribution >= 4 is 48.8 Å². The quantitative estimate of drug-likeness (QED) is 0.689. The van der Waals surface area contributed by atoms with E-state index in [2.05, 4.69) is 27.5 Å². The number of hydrogen-bond acceptors (Lipinski definition) is 4. The molecule has 4 rings (SSSR count). The molecular weight excluding hydrogens is 450 g/mol. The molecule has 2 atom stereocenters. The standard InChI is InChI=1S/C21H31FN4O.3ClH/c1-15(24-20(27)18-14-21(18)5-7-23-8-6-21)17-13-16(22)3-4-19(17)26-11-9-25(2)10-12-26;;;/h3-4,13,15,18,23H,5-12,14H2,1-2H3,(H,24,27);3*1H. The van der Waals surface area contributed by atoms with Crippen LogP contribution in [0, 0.1) is 17.2 Å². The summed E-state index contributed by atoms with van der Waals surface area (Å²) in [6.07, 6.45) is 3.18. The Morgan fingerprint density at radius 3 is 2.43 bits per heavy atom. The van der Waals surface area contributed by atoms with Crippen LogP contribution in [0.5, 0.6) is 0 Å². The molecule has 2 unspecified atom stereocenters. The molecule has 1 aromatic rings. The molecule has 1 amide bonds. The van der Waals surface area contributed by atoms with Crippen LogP contribution in [0.2, 0.25) is 0 Å². The van der Waals surface area contributed by atoms with Crippen LogP contribution in [0.1, 0.15) is 37.8 Å². The van der Waals surface area contributed by atoms with Crippen LogP contribution in [-0.2, 0) is 4.79 Å². The van der Waals surface area contributed by atoms with Crippen LogP contribution < -0.4 is 15.5 Å². The number of benzene rings is 1. The van der Waals surface area contributed by atoms with Gasteiger partial charge in [-0.25, -0.2) is 4.39 Å². The van der Waals surface area contributed by atoms with E-state index in [1.807, 2.05) is 13.0 Å². The van der Waals surface area contributed by atoms with Crippen molar-refractivity contribution in [1.29, 1.82) is 0 Å². The first-order chi connectivity index (χ1) is 13.0. The van der Waals surface area contributed by atoms with Crippen LogP contribution in [0.25, 0.3) is 0 Å². The predicted octanol–water partition coefficient (Wildman–Crippen LogP) is 3.41. The molecule has 9 heteroatoms. The molecule has 0 aromatic heterocycles. The Labute approximate surface area is 197 Å². The molecule has 5 nitrogen and oxygen atoms in total. The van der Waals surface area contributed by atoms with E-state index in [0.717, 1.165) is 69.8 Å². The lowest BCUT2D eigenvalue weighted by Crippen LogP contribution is -2.45. The number of halogens is 4. The third-order valence-electron chi connectivity index (χ3n) is 6.76. The minimum Gasteiger partial charge on any atom is -0.369 e. The largest absolute Gasteiger partial charge is 0.369 e. The van der Waals surface area contributed by atoms with Gasteiger partial charge >= 0.3 is 0 Å². The molecule has 30 heavy (non-hydrogen) atoms. The number of carbonyl (C=O) groups is 1. The molecule has 2 heterocycles. The Balaban J connectivity index is 0.00000150. The Bertz CT molecular complexity index is 709. The fourth-order valence-corrected chi connectivity index (χ4v) is 4.79. The van der Waals surface area contributed by atoms with Gasteiger partial charge in [0.1, 0.15) is 5.82 Å². The number of rotatable bonds is 4. The Kier molecular flexibility index (Phi) is 10.2. The molecule has 3 fully saturated rings. The number of anilines is 1. The highest BCUT2D eigenvalue weighted by atomic mass is 35.5. The molecule has 2 aliphatic heterocycles. The van der Waals surface area contributed by atoms with Crippen LogP contribution >= 0.6 is 37.2 Å². The molecule has 2 saturated heterocycles. The van der Waals surface area contributed by atoms with Gasteiger partial charge in [0, 0.05) is 43.3 Å². The number of piperazine rings is 1. The zero-order valence-electron chi connectivity index (χ0n) is 17.7. The zero-order valence-corrected chi connectivity index (χ0v) is 20.1. The van der Waals surface area contributed by atoms with E-state index in [4.69, 9.17) is 0 Å². The SMILES string of the molecule is CC(NC(=O)C1CC12CCNCC2)c1cc(F)ccc1N1CCN(C)CC1.Cl.Cl.Cl. The van der Waals surface area contributed by atoms with E-state index in [-0.39, 0.29) is 66.3 Å². The van der Waals surface area contributed by atoms with Gasteiger partial charge < -0.3 is 20.4 Å². The first kappa shape index (κ1) is 27.2. The summed E-state index contributed by atoms with van der Waals surface area (Å²) < 4.78 is 14.0. The molecule has 0 radical (unpaired) electrons. The highest BCUT2D eigenvalue weighted by molar-refractivity contribution is 5.86. The van der Waals surface area contributed by atoms with Gasteiger partial charge in [-0.15, -0.1) is 37.2 Å². The Morgan fingerprint density at radius 1 is 1.17 bits per heavy atom. The lowest BCUT2D eigenvalue weighted by atomic mass is 9.91. The predicted molar refractivity (Wildman–Crippen MR) is 127 cm³/mol. The van der Waals surface area contributed by atoms with Crippen molar-refractivity contribution in [2.45, 2.75) is 32.2 Å². The first-order valence-electron chi connectivity index (χ1n) is 10.2. The summed E-state index contributed by atoms with van der Waals surface area (Å²) in [6.45, 7) is 7.84. The summed E-state index contributed by atoms with van der Waals surface area (Å²) in [5.41, 5.74) is 2.15. The van der Waals surface area contributed by atoms with Gasteiger partial charge in [0.15, 0.2) is 0 Å². The van der Waals surface area contributed by atoms with E-state index in [1.165, 1.54) is 6.07 Å². The second-order valence-electron chi connectivity index (χ2n) is 8.59. The summed E-state index contributed by atoms with van der Waals surface area (Å²) in [6, 6.07) is 4.79. The van der Waals surface area contributed by atoms with Gasteiger partial charge in [-0.3, -0.25) is 4.79 Å². The van der Waals surface area contributed by atoms with Crippen LogP contribution in [0.15, 0.2) is 18.2 Å².